The summed E-state index contributed by atoms with van der Waals surface area (Å²) in [7, 11) is 4.87. The molecule has 1 amide bonds. The zero-order valence-corrected chi connectivity index (χ0v) is 16.6. The van der Waals surface area contributed by atoms with Gasteiger partial charge in [0.15, 0.2) is 18.1 Å². The van der Waals surface area contributed by atoms with Crippen LogP contribution < -0.4 is 14.2 Å². The van der Waals surface area contributed by atoms with Crippen LogP contribution in [0.4, 0.5) is 0 Å². The molecule has 3 rings (SSSR count). The van der Waals surface area contributed by atoms with Crippen LogP contribution in [-0.2, 0) is 11.3 Å². The third kappa shape index (κ3) is 4.77. The molecular formula is C23H22N2O4. The largest absolute Gasteiger partial charge is 0.497 e. The number of methoxy groups -OCH3 is 2. The Labute approximate surface area is 169 Å². The first-order chi connectivity index (χ1) is 14.0. The molecule has 0 aromatic heterocycles. The van der Waals surface area contributed by atoms with Crippen molar-refractivity contribution in [1.29, 1.82) is 5.26 Å². The molecule has 3 aromatic carbocycles. The first-order valence-corrected chi connectivity index (χ1v) is 9.05. The van der Waals surface area contributed by atoms with Gasteiger partial charge in [-0.25, -0.2) is 0 Å². The highest BCUT2D eigenvalue weighted by molar-refractivity contribution is 5.84. The minimum atomic E-state index is -0.161. The van der Waals surface area contributed by atoms with Crippen LogP contribution in [0, 0.1) is 11.3 Å². The number of amides is 1. The van der Waals surface area contributed by atoms with E-state index in [0.717, 1.165) is 22.1 Å². The van der Waals surface area contributed by atoms with Crippen LogP contribution in [0.15, 0.2) is 54.6 Å². The van der Waals surface area contributed by atoms with Gasteiger partial charge in [-0.05, 0) is 46.7 Å². The molecule has 6 heteroatoms. The number of hydrogen-bond acceptors (Lipinski definition) is 5. The van der Waals surface area contributed by atoms with E-state index in [4.69, 9.17) is 19.5 Å². The molecule has 0 aliphatic heterocycles. The Morgan fingerprint density at radius 2 is 1.72 bits per heavy atom. The molecule has 148 valence electrons. The Morgan fingerprint density at radius 3 is 2.45 bits per heavy atom. The van der Waals surface area contributed by atoms with E-state index < -0.39 is 0 Å². The second-order valence-electron chi connectivity index (χ2n) is 6.56. The van der Waals surface area contributed by atoms with E-state index in [1.165, 1.54) is 7.11 Å². The molecule has 0 radical (unpaired) electrons. The van der Waals surface area contributed by atoms with E-state index >= 15 is 0 Å². The first-order valence-electron chi connectivity index (χ1n) is 9.05. The lowest BCUT2D eigenvalue weighted by atomic mass is 10.1. The van der Waals surface area contributed by atoms with Gasteiger partial charge in [-0.3, -0.25) is 4.79 Å². The van der Waals surface area contributed by atoms with E-state index in [1.807, 2.05) is 36.4 Å². The van der Waals surface area contributed by atoms with Crippen molar-refractivity contribution in [3.05, 3.63) is 65.7 Å². The Hall–Kier alpha value is -3.72. The Balaban J connectivity index is 1.63. The van der Waals surface area contributed by atoms with Crippen molar-refractivity contribution >= 4 is 16.7 Å². The molecule has 0 fully saturated rings. The van der Waals surface area contributed by atoms with Crippen LogP contribution in [0.5, 0.6) is 17.2 Å². The van der Waals surface area contributed by atoms with Gasteiger partial charge in [0, 0.05) is 19.7 Å². The maximum atomic E-state index is 12.5. The highest BCUT2D eigenvalue weighted by Gasteiger charge is 2.13. The molecule has 0 N–H and O–H groups in total. The number of nitriles is 1. The summed E-state index contributed by atoms with van der Waals surface area (Å²) in [5, 5.41) is 11.1. The second kappa shape index (κ2) is 8.98. The average Bonchev–Trinajstić information content (AvgIpc) is 2.76. The molecule has 0 aliphatic carbocycles. The van der Waals surface area contributed by atoms with E-state index in [2.05, 4.69) is 6.07 Å². The van der Waals surface area contributed by atoms with Gasteiger partial charge in [0.2, 0.25) is 0 Å². The molecule has 0 aliphatic rings. The van der Waals surface area contributed by atoms with E-state index in [0.29, 0.717) is 23.6 Å². The Kier molecular flexibility index (Phi) is 6.20. The minimum absolute atomic E-state index is 0.121. The van der Waals surface area contributed by atoms with Crippen LogP contribution in [0.3, 0.4) is 0 Å². The number of carbonyl (C=O) groups is 1. The van der Waals surface area contributed by atoms with E-state index in [9.17, 15) is 4.79 Å². The number of rotatable bonds is 7. The summed E-state index contributed by atoms with van der Waals surface area (Å²) >= 11 is 0. The second-order valence-corrected chi connectivity index (χ2v) is 6.56. The van der Waals surface area contributed by atoms with Crippen molar-refractivity contribution in [2.24, 2.45) is 0 Å². The zero-order chi connectivity index (χ0) is 20.8. The quantitative estimate of drug-likeness (QED) is 0.614. The van der Waals surface area contributed by atoms with Crippen molar-refractivity contribution in [2.45, 2.75) is 6.54 Å². The SMILES string of the molecule is COc1ccc2cc(CN(C)C(=O)COc3ccc(C#N)cc3OC)ccc2c1. The molecular weight excluding hydrogens is 368 g/mol. The van der Waals surface area contributed by atoms with Crippen molar-refractivity contribution in [2.75, 3.05) is 27.9 Å². The molecule has 0 bridgehead atoms. The third-order valence-electron chi connectivity index (χ3n) is 4.60. The molecule has 3 aromatic rings. The Morgan fingerprint density at radius 1 is 0.966 bits per heavy atom. The number of ether oxygens (including phenoxy) is 3. The first kappa shape index (κ1) is 20.0. The summed E-state index contributed by atoms with van der Waals surface area (Å²) < 4.78 is 16.1. The number of likely N-dealkylation sites (N-methyl/N-ethyl adjacent to an activating group) is 1. The molecule has 6 nitrogen and oxygen atoms in total. The fraction of sp³-hybridized carbons (Fsp3) is 0.217. The van der Waals surface area contributed by atoms with Gasteiger partial charge < -0.3 is 19.1 Å². The summed E-state index contributed by atoms with van der Waals surface area (Å²) in [6, 6.07) is 18.8. The molecule has 0 unspecified atom stereocenters. The highest BCUT2D eigenvalue weighted by Crippen LogP contribution is 2.28. The van der Waals surface area contributed by atoms with Crippen LogP contribution in [0.2, 0.25) is 0 Å². The van der Waals surface area contributed by atoms with Gasteiger partial charge in [-0.15, -0.1) is 0 Å². The highest BCUT2D eigenvalue weighted by atomic mass is 16.5. The van der Waals surface area contributed by atoms with Gasteiger partial charge in [0.25, 0.3) is 5.91 Å². The fourth-order valence-electron chi connectivity index (χ4n) is 2.97. The van der Waals surface area contributed by atoms with Crippen molar-refractivity contribution in [1.82, 2.24) is 4.90 Å². The topological polar surface area (TPSA) is 71.8 Å². The molecule has 0 spiro atoms. The summed E-state index contributed by atoms with van der Waals surface area (Å²) in [6.45, 7) is 0.345. The summed E-state index contributed by atoms with van der Waals surface area (Å²) in [5.74, 6) is 1.50. The minimum Gasteiger partial charge on any atom is -0.497 e. The average molecular weight is 390 g/mol. The maximum Gasteiger partial charge on any atom is 0.260 e. The van der Waals surface area contributed by atoms with Gasteiger partial charge in [-0.2, -0.15) is 5.26 Å². The van der Waals surface area contributed by atoms with Gasteiger partial charge in [0.05, 0.1) is 25.9 Å². The van der Waals surface area contributed by atoms with Crippen molar-refractivity contribution in [3.8, 4) is 23.3 Å². The molecule has 0 heterocycles. The number of hydrogen-bond donors (Lipinski definition) is 0. The smallest absolute Gasteiger partial charge is 0.260 e. The normalized spacial score (nSPS) is 10.3. The standard InChI is InChI=1S/C23H22N2O4/c1-25(14-17-4-6-19-12-20(27-2)8-7-18(19)10-17)23(26)15-29-21-9-5-16(13-24)11-22(21)28-3/h4-12H,14-15H2,1-3H3. The number of fused-ring (bicyclic) bond motifs is 1. The van der Waals surface area contributed by atoms with Crippen molar-refractivity contribution in [3.63, 3.8) is 0 Å². The summed E-state index contributed by atoms with van der Waals surface area (Å²) in [4.78, 5) is 14.1. The predicted octanol–water partition coefficient (Wildman–Crippen LogP) is 3.77. The Bertz CT molecular complexity index is 1070. The number of nitrogens with zero attached hydrogens (tertiary/aromatic N) is 2. The lowest BCUT2D eigenvalue weighted by molar-refractivity contribution is -0.132. The van der Waals surface area contributed by atoms with Gasteiger partial charge >= 0.3 is 0 Å². The molecule has 0 atom stereocenters. The summed E-state index contributed by atoms with van der Waals surface area (Å²) in [6.07, 6.45) is 0. The number of benzene rings is 3. The number of carbonyl (C=O) groups excluding carboxylic acids is 1. The lowest BCUT2D eigenvalue weighted by Gasteiger charge is -2.18. The van der Waals surface area contributed by atoms with Crippen molar-refractivity contribution < 1.29 is 19.0 Å². The maximum absolute atomic E-state index is 12.5. The monoisotopic (exact) mass is 390 g/mol. The predicted molar refractivity (Wildman–Crippen MR) is 110 cm³/mol. The molecule has 29 heavy (non-hydrogen) atoms. The van der Waals surface area contributed by atoms with Crippen LogP contribution in [0.25, 0.3) is 10.8 Å². The summed E-state index contributed by atoms with van der Waals surface area (Å²) in [5.41, 5.74) is 1.49. The fourth-order valence-corrected chi connectivity index (χ4v) is 2.97. The molecule has 0 saturated heterocycles. The van der Waals surface area contributed by atoms with Gasteiger partial charge in [0.1, 0.15) is 5.75 Å². The third-order valence-corrected chi connectivity index (χ3v) is 4.60. The lowest BCUT2D eigenvalue weighted by Crippen LogP contribution is -2.31. The zero-order valence-electron chi connectivity index (χ0n) is 16.6. The van der Waals surface area contributed by atoms with E-state index in [-0.39, 0.29) is 12.5 Å². The van der Waals surface area contributed by atoms with Gasteiger partial charge in [-0.1, -0.05) is 18.2 Å². The van der Waals surface area contributed by atoms with E-state index in [1.54, 1.807) is 37.3 Å². The van der Waals surface area contributed by atoms with Crippen LogP contribution >= 0.6 is 0 Å². The molecule has 0 saturated carbocycles. The van der Waals surface area contributed by atoms with Crippen LogP contribution in [-0.4, -0.2) is 38.7 Å². The van der Waals surface area contributed by atoms with Crippen LogP contribution in [0.1, 0.15) is 11.1 Å².